The highest BCUT2D eigenvalue weighted by atomic mass is 16.4. The van der Waals surface area contributed by atoms with Crippen LogP contribution >= 0.6 is 0 Å². The molecule has 0 saturated heterocycles. The van der Waals surface area contributed by atoms with Crippen molar-refractivity contribution in [3.63, 3.8) is 0 Å². The van der Waals surface area contributed by atoms with Crippen LogP contribution in [0.2, 0.25) is 0 Å². The molecule has 2 aromatic rings. The molecule has 5 heteroatoms. The molecule has 5 nitrogen and oxygen atoms in total. The number of hydrogen-bond acceptors (Lipinski definition) is 3. The minimum Gasteiger partial charge on any atom is -0.409 e. The van der Waals surface area contributed by atoms with Gasteiger partial charge in [-0.05, 0) is 31.2 Å². The topological polar surface area (TPSA) is 76.4 Å². The quantitative estimate of drug-likeness (QED) is 0.391. The summed E-state index contributed by atoms with van der Waals surface area (Å²) < 4.78 is 2.16. The molecule has 0 spiro atoms. The first kappa shape index (κ1) is 13.7. The van der Waals surface area contributed by atoms with Crippen LogP contribution < -0.4 is 5.73 Å². The molecule has 0 fully saturated rings. The summed E-state index contributed by atoms with van der Waals surface area (Å²) in [6, 6.07) is 9.91. The summed E-state index contributed by atoms with van der Waals surface area (Å²) in [6.07, 6.45) is 6.43. The van der Waals surface area contributed by atoms with Crippen LogP contribution in [0.25, 0.3) is 0 Å². The monoisotopic (exact) mass is 284 g/mol. The summed E-state index contributed by atoms with van der Waals surface area (Å²) in [4.78, 5) is 4.51. The van der Waals surface area contributed by atoms with Gasteiger partial charge in [0.25, 0.3) is 0 Å². The van der Waals surface area contributed by atoms with Crippen molar-refractivity contribution in [1.29, 1.82) is 0 Å². The highest BCUT2D eigenvalue weighted by molar-refractivity contribution is 5.86. The van der Waals surface area contributed by atoms with Crippen molar-refractivity contribution in [2.45, 2.75) is 38.1 Å². The van der Waals surface area contributed by atoms with Crippen molar-refractivity contribution in [2.24, 2.45) is 10.9 Å². The van der Waals surface area contributed by atoms with Crippen molar-refractivity contribution >= 4 is 5.84 Å². The Kier molecular flexibility index (Phi) is 3.90. The molecule has 0 amide bonds. The van der Waals surface area contributed by atoms with E-state index in [1.54, 1.807) is 0 Å². The fraction of sp³-hybridized carbons (Fsp3) is 0.375. The van der Waals surface area contributed by atoms with Gasteiger partial charge in [0.1, 0.15) is 5.84 Å². The van der Waals surface area contributed by atoms with E-state index in [1.165, 1.54) is 24.2 Å². The molecule has 1 unspecified atom stereocenters. The molecule has 0 bridgehead atoms. The molecular formula is C16H20N4O. The summed E-state index contributed by atoms with van der Waals surface area (Å²) in [5.74, 6) is 0.0934. The van der Waals surface area contributed by atoms with Crippen molar-refractivity contribution in [3.8, 4) is 0 Å². The molecule has 0 aliphatic heterocycles. The second-order valence-corrected chi connectivity index (χ2v) is 5.49. The Hall–Kier alpha value is -2.30. The zero-order valence-electron chi connectivity index (χ0n) is 11.9. The maximum Gasteiger partial charge on any atom is 0.148 e. The third-order valence-corrected chi connectivity index (χ3v) is 4.16. The van der Waals surface area contributed by atoms with E-state index in [2.05, 4.69) is 14.7 Å². The number of rotatable bonds is 4. The number of amidine groups is 1. The number of aromatic nitrogens is 2. The molecule has 3 rings (SSSR count). The smallest absolute Gasteiger partial charge is 0.148 e. The molecule has 0 radical (unpaired) electrons. The lowest BCUT2D eigenvalue weighted by Crippen LogP contribution is -2.26. The third-order valence-electron chi connectivity index (χ3n) is 4.16. The fourth-order valence-electron chi connectivity index (χ4n) is 3.01. The molecule has 1 aliphatic carbocycles. The lowest BCUT2D eigenvalue weighted by atomic mass is 9.96. The largest absolute Gasteiger partial charge is 0.409 e. The Morgan fingerprint density at radius 2 is 2.05 bits per heavy atom. The number of nitrogens with zero attached hydrogens (tertiary/aromatic N) is 3. The van der Waals surface area contributed by atoms with Crippen molar-refractivity contribution < 1.29 is 5.21 Å². The van der Waals surface area contributed by atoms with Gasteiger partial charge in [-0.3, -0.25) is 0 Å². The van der Waals surface area contributed by atoms with Crippen LogP contribution in [0.5, 0.6) is 0 Å². The number of nitrogens with two attached hydrogens (primary N) is 1. The SMILES string of the molecule is N/C(=N/O)C(Cn1cnc2c1CCCC2)c1ccccc1. The Balaban J connectivity index is 1.90. The van der Waals surface area contributed by atoms with Gasteiger partial charge in [0.2, 0.25) is 0 Å². The predicted octanol–water partition coefficient (Wildman–Crippen LogP) is 2.29. The van der Waals surface area contributed by atoms with Gasteiger partial charge in [0, 0.05) is 12.2 Å². The van der Waals surface area contributed by atoms with E-state index < -0.39 is 0 Å². The Morgan fingerprint density at radius 1 is 1.29 bits per heavy atom. The van der Waals surface area contributed by atoms with Gasteiger partial charge in [-0.25, -0.2) is 4.98 Å². The minimum absolute atomic E-state index is 0.142. The van der Waals surface area contributed by atoms with Gasteiger partial charge in [0.05, 0.1) is 17.9 Å². The molecule has 110 valence electrons. The van der Waals surface area contributed by atoms with E-state index in [4.69, 9.17) is 10.9 Å². The van der Waals surface area contributed by atoms with Crippen molar-refractivity contribution in [3.05, 3.63) is 53.6 Å². The summed E-state index contributed by atoms with van der Waals surface area (Å²) in [6.45, 7) is 0.655. The minimum atomic E-state index is -0.142. The van der Waals surface area contributed by atoms with Crippen LogP contribution in [0.15, 0.2) is 41.8 Å². The molecule has 0 saturated carbocycles. The Bertz CT molecular complexity index is 633. The molecule has 1 atom stereocenters. The van der Waals surface area contributed by atoms with Crippen LogP contribution in [0.1, 0.15) is 35.7 Å². The molecule has 1 aliphatic rings. The molecule has 1 aromatic carbocycles. The lowest BCUT2D eigenvalue weighted by molar-refractivity contribution is 0.315. The first-order valence-electron chi connectivity index (χ1n) is 7.35. The van der Waals surface area contributed by atoms with Crippen molar-refractivity contribution in [2.75, 3.05) is 0 Å². The summed E-state index contributed by atoms with van der Waals surface area (Å²) in [7, 11) is 0. The summed E-state index contributed by atoms with van der Waals surface area (Å²) in [5, 5.41) is 12.3. The van der Waals surface area contributed by atoms with E-state index in [0.29, 0.717) is 6.54 Å². The first-order valence-corrected chi connectivity index (χ1v) is 7.35. The molecule has 1 heterocycles. The molecule has 21 heavy (non-hydrogen) atoms. The summed E-state index contributed by atoms with van der Waals surface area (Å²) >= 11 is 0. The number of benzene rings is 1. The number of aryl methyl sites for hydroxylation is 1. The predicted molar refractivity (Wildman–Crippen MR) is 81.5 cm³/mol. The standard InChI is InChI=1S/C16H20N4O/c17-16(19-21)13(12-6-2-1-3-7-12)10-20-11-18-14-8-4-5-9-15(14)20/h1-3,6-7,11,13,21H,4-5,8-10H2,(H2,17,19). The van der Waals surface area contributed by atoms with Crippen molar-refractivity contribution in [1.82, 2.24) is 9.55 Å². The van der Waals surface area contributed by atoms with Crippen LogP contribution in [-0.4, -0.2) is 20.6 Å². The average Bonchev–Trinajstić information content (AvgIpc) is 2.96. The maximum absolute atomic E-state index is 9.07. The van der Waals surface area contributed by atoms with E-state index in [9.17, 15) is 0 Å². The van der Waals surface area contributed by atoms with E-state index in [-0.39, 0.29) is 11.8 Å². The van der Waals surface area contributed by atoms with Gasteiger partial charge < -0.3 is 15.5 Å². The van der Waals surface area contributed by atoms with E-state index in [0.717, 1.165) is 18.4 Å². The second-order valence-electron chi connectivity index (χ2n) is 5.49. The Morgan fingerprint density at radius 3 is 2.81 bits per heavy atom. The number of oxime groups is 1. The van der Waals surface area contributed by atoms with Crippen LogP contribution in [0.3, 0.4) is 0 Å². The van der Waals surface area contributed by atoms with E-state index >= 15 is 0 Å². The maximum atomic E-state index is 9.07. The zero-order valence-corrected chi connectivity index (χ0v) is 11.9. The average molecular weight is 284 g/mol. The normalized spacial score (nSPS) is 16.5. The number of imidazole rings is 1. The van der Waals surface area contributed by atoms with Crippen LogP contribution in [0.4, 0.5) is 0 Å². The number of fused-ring (bicyclic) bond motifs is 1. The van der Waals surface area contributed by atoms with Gasteiger partial charge in [0.15, 0.2) is 0 Å². The third kappa shape index (κ3) is 2.77. The van der Waals surface area contributed by atoms with Gasteiger partial charge in [-0.1, -0.05) is 35.5 Å². The van der Waals surface area contributed by atoms with Gasteiger partial charge in [-0.15, -0.1) is 0 Å². The van der Waals surface area contributed by atoms with Gasteiger partial charge >= 0.3 is 0 Å². The zero-order chi connectivity index (χ0) is 14.7. The first-order chi connectivity index (χ1) is 10.3. The highest BCUT2D eigenvalue weighted by Gasteiger charge is 2.21. The highest BCUT2D eigenvalue weighted by Crippen LogP contribution is 2.24. The lowest BCUT2D eigenvalue weighted by Gasteiger charge is -2.20. The Labute approximate surface area is 124 Å². The molecule has 1 aromatic heterocycles. The molecule has 3 N–H and O–H groups in total. The second kappa shape index (κ2) is 5.99. The van der Waals surface area contributed by atoms with Crippen LogP contribution in [0, 0.1) is 0 Å². The fourth-order valence-corrected chi connectivity index (χ4v) is 3.01. The number of hydrogen-bond donors (Lipinski definition) is 2. The van der Waals surface area contributed by atoms with Gasteiger partial charge in [-0.2, -0.15) is 0 Å². The summed E-state index contributed by atoms with van der Waals surface area (Å²) in [5.41, 5.74) is 9.46. The van der Waals surface area contributed by atoms with E-state index in [1.807, 2.05) is 36.7 Å². The van der Waals surface area contributed by atoms with Crippen LogP contribution in [-0.2, 0) is 19.4 Å². The molecular weight excluding hydrogens is 264 g/mol.